The number of para-hydroxylation sites is 1. The molecule has 0 radical (unpaired) electrons. The number of phenolic OH excluding ortho intramolecular Hbond substituents is 1. The number of aromatic nitrogens is 3. The Morgan fingerprint density at radius 3 is 2.03 bits per heavy atom. The van der Waals surface area contributed by atoms with Crippen LogP contribution in [0, 0.1) is 19.9 Å². The number of phenols is 1. The number of aromatic hydroxyl groups is 1. The minimum absolute atomic E-state index is 0. The summed E-state index contributed by atoms with van der Waals surface area (Å²) in [5.41, 5.74) is 17.2. The molecule has 300 valence electrons. The minimum Gasteiger partial charge on any atom is -0.507 e. The summed E-state index contributed by atoms with van der Waals surface area (Å²) in [6.07, 6.45) is 1.89. The van der Waals surface area contributed by atoms with Gasteiger partial charge in [-0.2, -0.15) is 0 Å². The molecule has 2 heterocycles. The molecule has 0 aliphatic rings. The molecule has 5 heteroatoms. The van der Waals surface area contributed by atoms with Gasteiger partial charge in [0.2, 0.25) is 0 Å². The van der Waals surface area contributed by atoms with Gasteiger partial charge >= 0.3 is 0 Å². The van der Waals surface area contributed by atoms with Crippen molar-refractivity contribution in [1.29, 1.82) is 0 Å². The standard InChI is InChI=1S/C54H52N3O.Pt/c1-33(2)40-30-45(34(3)4)52(58)47(31-40)53-56-51-44(16-13-17-50(51)57(53)49-23-20-36(6)26-46(49)38-14-11-10-12-15-38)41-27-42(29-43(28-41)54(7,8)9)48-32-39(24-25-55-48)37-21-18-35(5)19-22-37;/h10-26,28-34,58H,1-9H3;/q-1;. The first kappa shape index (κ1) is 41.6. The van der Waals surface area contributed by atoms with Gasteiger partial charge in [-0.15, -0.1) is 29.3 Å². The Balaban J connectivity index is 0.00000528. The third-order valence-electron chi connectivity index (χ3n) is 11.3. The van der Waals surface area contributed by atoms with Crippen molar-refractivity contribution in [2.45, 2.75) is 79.6 Å². The number of aryl methyl sites for hydroxylation is 2. The Labute approximate surface area is 364 Å². The SMILES string of the molecule is Cc1ccc(-c2ccnc(-c3[c-]c(-c4cccc5c4nc(-c4cc(C(C)C)cc(C(C)C)c4O)n5-c4ccc(C)cc4-c4ccccc4)cc(C(C)(C)C)c3)c2)cc1.[Pt]. The van der Waals surface area contributed by atoms with E-state index in [4.69, 9.17) is 9.97 Å². The van der Waals surface area contributed by atoms with Gasteiger partial charge in [0.1, 0.15) is 11.6 Å². The molecule has 0 saturated carbocycles. The second-order valence-electron chi connectivity index (χ2n) is 17.4. The van der Waals surface area contributed by atoms with Crippen molar-refractivity contribution in [2.24, 2.45) is 0 Å². The van der Waals surface area contributed by atoms with Gasteiger partial charge < -0.3 is 5.11 Å². The summed E-state index contributed by atoms with van der Waals surface area (Å²) < 4.78 is 2.25. The van der Waals surface area contributed by atoms with Crippen molar-refractivity contribution in [3.05, 3.63) is 167 Å². The van der Waals surface area contributed by atoms with Gasteiger partial charge in [-0.05, 0) is 89.2 Å². The van der Waals surface area contributed by atoms with Crippen LogP contribution in [0.2, 0.25) is 0 Å². The van der Waals surface area contributed by atoms with Crippen molar-refractivity contribution >= 4 is 11.0 Å². The van der Waals surface area contributed by atoms with Gasteiger partial charge in [-0.1, -0.05) is 156 Å². The van der Waals surface area contributed by atoms with Crippen LogP contribution in [0.25, 0.3) is 72.7 Å². The molecule has 0 bridgehead atoms. The molecule has 0 atom stereocenters. The zero-order chi connectivity index (χ0) is 40.9. The number of fused-ring (bicyclic) bond motifs is 1. The van der Waals surface area contributed by atoms with Gasteiger partial charge in [-0.3, -0.25) is 9.55 Å². The number of hydrogen-bond donors (Lipinski definition) is 1. The molecule has 2 aromatic heterocycles. The average molecular weight is 954 g/mol. The second kappa shape index (κ2) is 16.6. The third kappa shape index (κ3) is 8.21. The molecule has 0 spiro atoms. The van der Waals surface area contributed by atoms with Gasteiger partial charge in [0.25, 0.3) is 0 Å². The normalized spacial score (nSPS) is 11.7. The van der Waals surface area contributed by atoms with E-state index in [1.165, 1.54) is 22.3 Å². The van der Waals surface area contributed by atoms with E-state index < -0.39 is 0 Å². The quantitative estimate of drug-likeness (QED) is 0.154. The molecule has 4 nitrogen and oxygen atoms in total. The van der Waals surface area contributed by atoms with E-state index in [2.05, 4.69) is 200 Å². The number of imidazole rings is 1. The van der Waals surface area contributed by atoms with Crippen molar-refractivity contribution < 1.29 is 26.2 Å². The van der Waals surface area contributed by atoms with Crippen molar-refractivity contribution in [3.8, 4) is 67.5 Å². The van der Waals surface area contributed by atoms with E-state index in [-0.39, 0.29) is 44.1 Å². The predicted molar refractivity (Wildman–Crippen MR) is 243 cm³/mol. The fourth-order valence-corrected chi connectivity index (χ4v) is 7.85. The maximum absolute atomic E-state index is 12.2. The summed E-state index contributed by atoms with van der Waals surface area (Å²) in [7, 11) is 0. The first-order chi connectivity index (χ1) is 27.8. The van der Waals surface area contributed by atoms with Crippen LogP contribution in [-0.2, 0) is 26.5 Å². The van der Waals surface area contributed by atoms with Crippen LogP contribution >= 0.6 is 0 Å². The zero-order valence-electron chi connectivity index (χ0n) is 35.5. The molecule has 0 fully saturated rings. The number of pyridine rings is 1. The monoisotopic (exact) mass is 953 g/mol. The first-order valence-electron chi connectivity index (χ1n) is 20.4. The van der Waals surface area contributed by atoms with Crippen LogP contribution in [-0.4, -0.2) is 19.6 Å². The van der Waals surface area contributed by atoms with E-state index in [1.54, 1.807) is 0 Å². The van der Waals surface area contributed by atoms with Gasteiger partial charge in [0.15, 0.2) is 0 Å². The summed E-state index contributed by atoms with van der Waals surface area (Å²) in [4.78, 5) is 10.5. The minimum atomic E-state index is -0.144. The Hall–Kier alpha value is -5.57. The van der Waals surface area contributed by atoms with Crippen LogP contribution in [0.5, 0.6) is 5.75 Å². The molecule has 1 N–H and O–H groups in total. The second-order valence-corrected chi connectivity index (χ2v) is 17.4. The van der Waals surface area contributed by atoms with Crippen LogP contribution in [0.4, 0.5) is 0 Å². The fourth-order valence-electron chi connectivity index (χ4n) is 7.85. The molecule has 0 amide bonds. The molecule has 8 rings (SSSR count). The van der Waals surface area contributed by atoms with Gasteiger partial charge in [-0.25, -0.2) is 4.98 Å². The van der Waals surface area contributed by atoms with Gasteiger partial charge in [0.05, 0.1) is 22.3 Å². The summed E-state index contributed by atoms with van der Waals surface area (Å²) in [5.74, 6) is 1.35. The third-order valence-corrected chi connectivity index (χ3v) is 11.3. The Morgan fingerprint density at radius 1 is 0.627 bits per heavy atom. The van der Waals surface area contributed by atoms with Crippen molar-refractivity contribution in [3.63, 3.8) is 0 Å². The van der Waals surface area contributed by atoms with E-state index in [9.17, 15) is 5.11 Å². The van der Waals surface area contributed by atoms with Crippen LogP contribution in [0.1, 0.15) is 88.1 Å². The molecular formula is C54H52N3OPt-. The van der Waals surface area contributed by atoms with Crippen LogP contribution in [0.15, 0.2) is 134 Å². The topological polar surface area (TPSA) is 50.9 Å². The number of nitrogens with zero attached hydrogens (tertiary/aromatic N) is 3. The predicted octanol–water partition coefficient (Wildman–Crippen LogP) is 14.4. The molecule has 0 saturated heterocycles. The molecular weight excluding hydrogens is 902 g/mol. The van der Waals surface area contributed by atoms with Crippen LogP contribution < -0.4 is 0 Å². The molecule has 8 aromatic rings. The van der Waals surface area contributed by atoms with Crippen LogP contribution in [0.3, 0.4) is 0 Å². The summed E-state index contributed by atoms with van der Waals surface area (Å²) >= 11 is 0. The van der Waals surface area contributed by atoms with E-state index in [0.717, 1.165) is 72.5 Å². The molecule has 6 aromatic carbocycles. The fraction of sp³-hybridized carbons (Fsp3) is 0.222. The Kier molecular flexibility index (Phi) is 11.7. The maximum atomic E-state index is 12.2. The van der Waals surface area contributed by atoms with Gasteiger partial charge in [0, 0.05) is 38.5 Å². The summed E-state index contributed by atoms with van der Waals surface area (Å²) in [5, 5.41) is 12.2. The molecule has 0 aliphatic heterocycles. The largest absolute Gasteiger partial charge is 0.507 e. The Bertz CT molecular complexity index is 2790. The zero-order valence-corrected chi connectivity index (χ0v) is 37.7. The summed E-state index contributed by atoms with van der Waals surface area (Å²) in [6, 6.07) is 49.0. The molecule has 0 aliphatic carbocycles. The van der Waals surface area contributed by atoms with E-state index >= 15 is 0 Å². The smallest absolute Gasteiger partial charge is 0.148 e. The number of benzene rings is 6. The Morgan fingerprint density at radius 2 is 1.34 bits per heavy atom. The van der Waals surface area contributed by atoms with Crippen molar-refractivity contribution in [1.82, 2.24) is 14.5 Å². The summed E-state index contributed by atoms with van der Waals surface area (Å²) in [6.45, 7) is 19.7. The number of hydrogen-bond acceptors (Lipinski definition) is 3. The van der Waals surface area contributed by atoms with Crippen molar-refractivity contribution in [2.75, 3.05) is 0 Å². The maximum Gasteiger partial charge on any atom is 0.148 e. The average Bonchev–Trinajstić information content (AvgIpc) is 3.60. The van der Waals surface area contributed by atoms with E-state index in [1.807, 2.05) is 6.20 Å². The molecule has 0 unspecified atom stereocenters. The van der Waals surface area contributed by atoms with E-state index in [0.29, 0.717) is 5.82 Å². The first-order valence-corrected chi connectivity index (χ1v) is 20.4. The number of rotatable bonds is 8. The molecule has 59 heavy (non-hydrogen) atoms.